The van der Waals surface area contributed by atoms with Crippen LogP contribution in [0.5, 0.6) is 0 Å². The van der Waals surface area contributed by atoms with Crippen LogP contribution in [-0.4, -0.2) is 0 Å². The van der Waals surface area contributed by atoms with Gasteiger partial charge in [-0.2, -0.15) is 0 Å². The lowest BCUT2D eigenvalue weighted by atomic mass is 9.93. The van der Waals surface area contributed by atoms with E-state index in [-0.39, 0.29) is 0 Å². The van der Waals surface area contributed by atoms with E-state index in [9.17, 15) is 0 Å². The van der Waals surface area contributed by atoms with Gasteiger partial charge in [-0.1, -0.05) is 17.7 Å². The molecule has 3 rings (SSSR count). The van der Waals surface area contributed by atoms with Crippen molar-refractivity contribution in [2.45, 2.75) is 25.3 Å². The molecule has 0 amide bonds. The van der Waals surface area contributed by atoms with Gasteiger partial charge in [-0.15, -0.1) is 0 Å². The van der Waals surface area contributed by atoms with Crippen molar-refractivity contribution in [2.24, 2.45) is 0 Å². The van der Waals surface area contributed by atoms with Crippen molar-refractivity contribution < 1.29 is 4.42 Å². The van der Waals surface area contributed by atoms with Crippen molar-refractivity contribution in [3.05, 3.63) is 51.3 Å². The second kappa shape index (κ2) is 4.98. The minimum Gasteiger partial charge on any atom is -0.469 e. The third-order valence-electron chi connectivity index (χ3n) is 3.33. The van der Waals surface area contributed by atoms with Crippen molar-refractivity contribution in [1.82, 2.24) is 0 Å². The monoisotopic (exact) mass is 325 g/mol. The Labute approximate surface area is 119 Å². The summed E-state index contributed by atoms with van der Waals surface area (Å²) in [7, 11) is 0. The first-order valence-corrected chi connectivity index (χ1v) is 7.19. The Morgan fingerprint density at radius 2 is 2.22 bits per heavy atom. The van der Waals surface area contributed by atoms with E-state index >= 15 is 0 Å². The largest absolute Gasteiger partial charge is 0.469 e. The molecular weight excluding hydrogens is 314 g/mol. The lowest BCUT2D eigenvalue weighted by Gasteiger charge is -2.24. The second-order valence-electron chi connectivity index (χ2n) is 4.49. The molecule has 1 aliphatic rings. The third-order valence-corrected chi connectivity index (χ3v) is 4.73. The van der Waals surface area contributed by atoms with Crippen LogP contribution in [0, 0.1) is 0 Å². The van der Waals surface area contributed by atoms with Crippen LogP contribution in [0.2, 0.25) is 5.02 Å². The molecule has 0 spiro atoms. The van der Waals surface area contributed by atoms with Crippen LogP contribution in [0.15, 0.2) is 39.4 Å². The van der Waals surface area contributed by atoms with E-state index in [4.69, 9.17) is 16.0 Å². The number of anilines is 1. The lowest BCUT2D eigenvalue weighted by Crippen LogP contribution is -2.16. The minimum atomic E-state index is 0.308. The summed E-state index contributed by atoms with van der Waals surface area (Å²) in [4.78, 5) is 0. The highest BCUT2D eigenvalue weighted by Gasteiger charge is 2.23. The van der Waals surface area contributed by atoms with E-state index in [0.717, 1.165) is 40.2 Å². The van der Waals surface area contributed by atoms with E-state index in [1.165, 1.54) is 5.56 Å². The first-order valence-electron chi connectivity index (χ1n) is 6.02. The summed E-state index contributed by atoms with van der Waals surface area (Å²) in [5.74, 6) is 1.11. The predicted octanol–water partition coefficient (Wildman–Crippen LogP) is 5.19. The second-order valence-corrected chi connectivity index (χ2v) is 5.69. The standard InChI is InChI=1S/C14H13BrClNO/c15-14-10(16)3-1-5-12(14)17-11-4-2-6-13-9(11)7-8-18-13/h1,3,5,7-8,11,17H,2,4,6H2. The van der Waals surface area contributed by atoms with E-state index in [1.54, 1.807) is 6.26 Å². The number of nitrogens with one attached hydrogen (secondary N) is 1. The van der Waals surface area contributed by atoms with E-state index in [1.807, 2.05) is 18.2 Å². The van der Waals surface area contributed by atoms with Gasteiger partial charge in [-0.25, -0.2) is 0 Å². The predicted molar refractivity (Wildman–Crippen MR) is 77.2 cm³/mol. The molecule has 1 atom stereocenters. The molecule has 1 aromatic heterocycles. The van der Waals surface area contributed by atoms with Gasteiger partial charge in [0.15, 0.2) is 0 Å². The summed E-state index contributed by atoms with van der Waals surface area (Å²) >= 11 is 9.63. The number of halogens is 2. The van der Waals surface area contributed by atoms with Gasteiger partial charge in [0.2, 0.25) is 0 Å². The lowest BCUT2D eigenvalue weighted by molar-refractivity contribution is 0.461. The smallest absolute Gasteiger partial charge is 0.109 e. The Morgan fingerprint density at radius 3 is 3.11 bits per heavy atom. The van der Waals surface area contributed by atoms with Crippen LogP contribution in [-0.2, 0) is 6.42 Å². The number of rotatable bonds is 2. The van der Waals surface area contributed by atoms with E-state index < -0.39 is 0 Å². The van der Waals surface area contributed by atoms with Gasteiger partial charge in [-0.3, -0.25) is 0 Å². The molecule has 0 fully saturated rings. The Morgan fingerprint density at radius 1 is 1.33 bits per heavy atom. The number of hydrogen-bond donors (Lipinski definition) is 1. The van der Waals surface area contributed by atoms with Crippen molar-refractivity contribution in [3.63, 3.8) is 0 Å². The van der Waals surface area contributed by atoms with Crippen LogP contribution in [0.25, 0.3) is 0 Å². The van der Waals surface area contributed by atoms with Crippen LogP contribution in [0.3, 0.4) is 0 Å². The summed E-state index contributed by atoms with van der Waals surface area (Å²) in [6, 6.07) is 8.23. The van der Waals surface area contributed by atoms with Gasteiger partial charge in [0.25, 0.3) is 0 Å². The molecule has 0 radical (unpaired) electrons. The summed E-state index contributed by atoms with van der Waals surface area (Å²) in [6.07, 6.45) is 5.08. The average molecular weight is 327 g/mol. The molecule has 2 nitrogen and oxygen atoms in total. The van der Waals surface area contributed by atoms with Crippen LogP contribution >= 0.6 is 27.5 Å². The zero-order valence-corrected chi connectivity index (χ0v) is 12.1. The summed E-state index contributed by atoms with van der Waals surface area (Å²) in [5.41, 5.74) is 2.30. The molecule has 94 valence electrons. The van der Waals surface area contributed by atoms with Crippen molar-refractivity contribution in [2.75, 3.05) is 5.32 Å². The van der Waals surface area contributed by atoms with Gasteiger partial charge in [0, 0.05) is 12.0 Å². The highest BCUT2D eigenvalue weighted by molar-refractivity contribution is 9.10. The average Bonchev–Trinajstić information content (AvgIpc) is 2.84. The fourth-order valence-electron chi connectivity index (χ4n) is 2.44. The summed E-state index contributed by atoms with van der Waals surface area (Å²) in [6.45, 7) is 0. The Bertz CT molecular complexity index is 567. The molecule has 1 unspecified atom stereocenters. The maximum Gasteiger partial charge on any atom is 0.109 e. The molecule has 0 bridgehead atoms. The molecule has 2 aromatic rings. The molecule has 0 aliphatic heterocycles. The molecule has 1 aliphatic carbocycles. The Hall–Kier alpha value is -0.930. The normalized spacial score (nSPS) is 18.4. The first-order chi connectivity index (χ1) is 8.75. The summed E-state index contributed by atoms with van der Waals surface area (Å²) in [5, 5.41) is 4.27. The molecule has 0 saturated heterocycles. The van der Waals surface area contributed by atoms with Gasteiger partial charge >= 0.3 is 0 Å². The minimum absolute atomic E-state index is 0.308. The fraction of sp³-hybridized carbons (Fsp3) is 0.286. The molecule has 4 heteroatoms. The Kier molecular flexibility index (Phi) is 3.35. The molecule has 18 heavy (non-hydrogen) atoms. The number of benzene rings is 1. The molecule has 0 saturated carbocycles. The van der Waals surface area contributed by atoms with E-state index in [2.05, 4.69) is 27.3 Å². The van der Waals surface area contributed by atoms with Gasteiger partial charge < -0.3 is 9.73 Å². The van der Waals surface area contributed by atoms with Crippen molar-refractivity contribution in [3.8, 4) is 0 Å². The van der Waals surface area contributed by atoms with Crippen LogP contribution in [0.1, 0.15) is 30.2 Å². The van der Waals surface area contributed by atoms with Crippen LogP contribution in [0.4, 0.5) is 5.69 Å². The third kappa shape index (κ3) is 2.17. The zero-order chi connectivity index (χ0) is 12.5. The quantitative estimate of drug-likeness (QED) is 0.822. The fourth-order valence-corrected chi connectivity index (χ4v) is 2.99. The van der Waals surface area contributed by atoms with Crippen molar-refractivity contribution >= 4 is 33.2 Å². The van der Waals surface area contributed by atoms with Gasteiger partial charge in [0.05, 0.1) is 27.5 Å². The first kappa shape index (κ1) is 12.1. The number of furan rings is 1. The highest BCUT2D eigenvalue weighted by Crippen LogP contribution is 2.37. The molecule has 1 N–H and O–H groups in total. The van der Waals surface area contributed by atoms with Crippen LogP contribution < -0.4 is 5.32 Å². The SMILES string of the molecule is Clc1cccc(NC2CCCc3occc32)c1Br. The number of aryl methyl sites for hydroxylation is 1. The molecule has 1 heterocycles. The maximum atomic E-state index is 6.11. The number of hydrogen-bond acceptors (Lipinski definition) is 2. The van der Waals surface area contributed by atoms with Gasteiger partial charge in [0.1, 0.15) is 5.76 Å². The topological polar surface area (TPSA) is 25.2 Å². The Balaban J connectivity index is 1.88. The molecule has 1 aromatic carbocycles. The highest BCUT2D eigenvalue weighted by atomic mass is 79.9. The van der Waals surface area contributed by atoms with Gasteiger partial charge in [-0.05, 0) is 47.0 Å². The maximum absolute atomic E-state index is 6.11. The summed E-state index contributed by atoms with van der Waals surface area (Å²) < 4.78 is 6.42. The zero-order valence-electron chi connectivity index (χ0n) is 9.75. The molecular formula is C14H13BrClNO. The van der Waals surface area contributed by atoms with Crippen molar-refractivity contribution in [1.29, 1.82) is 0 Å². The van der Waals surface area contributed by atoms with E-state index in [0.29, 0.717) is 6.04 Å². The number of fused-ring (bicyclic) bond motifs is 1.